The lowest BCUT2D eigenvalue weighted by Crippen LogP contribution is -2.49. The molecule has 2 rings (SSSR count). The molecule has 0 aliphatic carbocycles. The third kappa shape index (κ3) is 5.51. The molecular weight excluding hydrogens is 363 g/mol. The first kappa shape index (κ1) is 20.8. The predicted molar refractivity (Wildman–Crippen MR) is 94.9 cm³/mol. The number of fused-ring (bicyclic) bond motifs is 1. The van der Waals surface area contributed by atoms with Gasteiger partial charge in [0.1, 0.15) is 12.1 Å². The molecule has 0 aliphatic heterocycles. The van der Waals surface area contributed by atoms with E-state index in [2.05, 4.69) is 20.6 Å². The molecule has 27 heavy (non-hydrogen) atoms. The Kier molecular flexibility index (Phi) is 6.92. The van der Waals surface area contributed by atoms with Crippen LogP contribution in [0.5, 0.6) is 0 Å². The van der Waals surface area contributed by atoms with Crippen LogP contribution >= 0.6 is 0 Å². The van der Waals surface area contributed by atoms with Gasteiger partial charge in [0, 0.05) is 11.9 Å². The Hall–Kier alpha value is -2.46. The molecule has 2 atom stereocenters. The maximum atomic E-state index is 12.9. The summed E-state index contributed by atoms with van der Waals surface area (Å²) >= 11 is 0. The fourth-order valence-corrected chi connectivity index (χ4v) is 2.60. The van der Waals surface area contributed by atoms with Gasteiger partial charge in [-0.3, -0.25) is 4.79 Å². The quantitative estimate of drug-likeness (QED) is 0.550. The lowest BCUT2D eigenvalue weighted by Gasteiger charge is -2.22. The van der Waals surface area contributed by atoms with Gasteiger partial charge in [-0.1, -0.05) is 13.3 Å². The van der Waals surface area contributed by atoms with Crippen LogP contribution in [-0.4, -0.2) is 46.2 Å². The van der Waals surface area contributed by atoms with Gasteiger partial charge >= 0.3 is 6.18 Å². The summed E-state index contributed by atoms with van der Waals surface area (Å²) in [5.41, 5.74) is 5.06. The molecule has 0 saturated heterocycles. The molecule has 148 valence electrons. The molecule has 5 N–H and O–H groups in total. The van der Waals surface area contributed by atoms with Crippen LogP contribution in [0.25, 0.3) is 10.9 Å². The van der Waals surface area contributed by atoms with E-state index in [0.29, 0.717) is 11.9 Å². The zero-order valence-corrected chi connectivity index (χ0v) is 14.8. The molecule has 0 bridgehead atoms. The van der Waals surface area contributed by atoms with Crippen molar-refractivity contribution < 1.29 is 23.1 Å². The van der Waals surface area contributed by atoms with Crippen LogP contribution in [0.4, 0.5) is 19.0 Å². The number of carbonyl (C=O) groups is 1. The lowest BCUT2D eigenvalue weighted by atomic mass is 10.1. The van der Waals surface area contributed by atoms with Crippen molar-refractivity contribution >= 4 is 22.6 Å². The summed E-state index contributed by atoms with van der Waals surface area (Å²) in [5, 5.41) is 15.4. The van der Waals surface area contributed by atoms with Gasteiger partial charge in [0.15, 0.2) is 0 Å². The number of rotatable bonds is 8. The van der Waals surface area contributed by atoms with E-state index in [9.17, 15) is 23.1 Å². The first-order valence-electron chi connectivity index (χ1n) is 8.49. The molecule has 0 radical (unpaired) electrons. The van der Waals surface area contributed by atoms with Crippen LogP contribution in [0.15, 0.2) is 24.5 Å². The Morgan fingerprint density at radius 2 is 2.07 bits per heavy atom. The number of aliphatic hydroxyl groups is 1. The van der Waals surface area contributed by atoms with Crippen LogP contribution in [0.1, 0.15) is 25.3 Å². The summed E-state index contributed by atoms with van der Waals surface area (Å²) in [6.07, 6.45) is -2.84. The third-order valence-electron chi connectivity index (χ3n) is 4.03. The molecule has 1 heterocycles. The van der Waals surface area contributed by atoms with Crippen molar-refractivity contribution in [1.29, 1.82) is 0 Å². The number of benzene rings is 1. The van der Waals surface area contributed by atoms with Crippen LogP contribution in [0.3, 0.4) is 0 Å². The van der Waals surface area contributed by atoms with Crippen LogP contribution in [-0.2, 0) is 11.0 Å². The number of aromatic nitrogens is 2. The van der Waals surface area contributed by atoms with Crippen LogP contribution < -0.4 is 16.4 Å². The van der Waals surface area contributed by atoms with Crippen LogP contribution in [0.2, 0.25) is 0 Å². The normalized spacial score (nSPS) is 14.0. The zero-order valence-electron chi connectivity index (χ0n) is 14.8. The summed E-state index contributed by atoms with van der Waals surface area (Å²) in [6.45, 7) is 1.73. The first-order valence-corrected chi connectivity index (χ1v) is 8.49. The second kappa shape index (κ2) is 8.96. The highest BCUT2D eigenvalue weighted by Gasteiger charge is 2.30. The topological polar surface area (TPSA) is 113 Å². The molecule has 0 fully saturated rings. The number of nitrogens with one attached hydrogen (secondary N) is 2. The molecule has 7 nitrogen and oxygen atoms in total. The van der Waals surface area contributed by atoms with Gasteiger partial charge in [-0.25, -0.2) is 9.97 Å². The van der Waals surface area contributed by atoms with Gasteiger partial charge < -0.3 is 21.5 Å². The van der Waals surface area contributed by atoms with Crippen molar-refractivity contribution in [1.82, 2.24) is 15.3 Å². The Morgan fingerprint density at radius 3 is 2.70 bits per heavy atom. The van der Waals surface area contributed by atoms with Gasteiger partial charge in [-0.2, -0.15) is 13.2 Å². The SMILES string of the molecule is CCCC(O)C(CN)NC(=O)CNc1ncnc2ccc(C(F)(F)F)cc12. The summed E-state index contributed by atoms with van der Waals surface area (Å²) in [4.78, 5) is 19.9. The van der Waals surface area contributed by atoms with E-state index in [-0.39, 0.29) is 24.3 Å². The summed E-state index contributed by atoms with van der Waals surface area (Å²) in [6, 6.07) is 2.52. The number of halogens is 3. The van der Waals surface area contributed by atoms with Crippen molar-refractivity contribution in [3.05, 3.63) is 30.1 Å². The first-order chi connectivity index (χ1) is 12.8. The Bertz CT molecular complexity index is 785. The third-order valence-corrected chi connectivity index (χ3v) is 4.03. The van der Waals surface area contributed by atoms with Crippen molar-refractivity contribution in [2.24, 2.45) is 5.73 Å². The maximum absolute atomic E-state index is 12.9. The fourth-order valence-electron chi connectivity index (χ4n) is 2.60. The second-order valence-electron chi connectivity index (χ2n) is 6.07. The molecule has 2 aromatic rings. The average molecular weight is 385 g/mol. The van der Waals surface area contributed by atoms with Gasteiger partial charge in [0.05, 0.1) is 29.8 Å². The van der Waals surface area contributed by atoms with Gasteiger partial charge in [0.25, 0.3) is 0 Å². The summed E-state index contributed by atoms with van der Waals surface area (Å²) < 4.78 is 38.8. The van der Waals surface area contributed by atoms with Crippen molar-refractivity contribution in [3.8, 4) is 0 Å². The number of amides is 1. The van der Waals surface area contributed by atoms with Crippen molar-refractivity contribution in [3.63, 3.8) is 0 Å². The molecule has 0 saturated carbocycles. The van der Waals surface area contributed by atoms with Gasteiger partial charge in [-0.15, -0.1) is 0 Å². The standard InChI is InChI=1S/C17H22F3N5O2/c1-2-3-14(26)13(7-21)25-15(27)8-22-16-11-6-10(17(18,19)20)4-5-12(11)23-9-24-16/h4-6,9,13-14,26H,2-3,7-8,21H2,1H3,(H,25,27)(H,22,23,24). The number of alkyl halides is 3. The minimum Gasteiger partial charge on any atom is -0.391 e. The number of hydrogen-bond acceptors (Lipinski definition) is 6. The Labute approximate surface area is 154 Å². The van der Waals surface area contributed by atoms with E-state index in [4.69, 9.17) is 5.73 Å². The van der Waals surface area contributed by atoms with E-state index in [0.717, 1.165) is 18.6 Å². The van der Waals surface area contributed by atoms with E-state index < -0.39 is 29.8 Å². The average Bonchev–Trinajstić information content (AvgIpc) is 2.63. The van der Waals surface area contributed by atoms with Crippen LogP contribution in [0, 0.1) is 0 Å². The minimum atomic E-state index is -4.50. The maximum Gasteiger partial charge on any atom is 0.416 e. The molecular formula is C17H22F3N5O2. The minimum absolute atomic E-state index is 0.0677. The number of nitrogens with two attached hydrogens (primary N) is 1. The molecule has 2 unspecified atom stereocenters. The number of anilines is 1. The highest BCUT2D eigenvalue weighted by molar-refractivity contribution is 5.91. The lowest BCUT2D eigenvalue weighted by molar-refractivity contribution is -0.137. The second-order valence-corrected chi connectivity index (χ2v) is 6.07. The van der Waals surface area contributed by atoms with E-state index in [1.807, 2.05) is 6.92 Å². The van der Waals surface area contributed by atoms with Crippen molar-refractivity contribution in [2.45, 2.75) is 38.1 Å². The fraction of sp³-hybridized carbons (Fsp3) is 0.471. The highest BCUT2D eigenvalue weighted by atomic mass is 19.4. The number of carbonyl (C=O) groups excluding carboxylic acids is 1. The molecule has 1 amide bonds. The largest absolute Gasteiger partial charge is 0.416 e. The molecule has 0 spiro atoms. The van der Waals surface area contributed by atoms with E-state index >= 15 is 0 Å². The van der Waals surface area contributed by atoms with E-state index in [1.165, 1.54) is 12.4 Å². The Balaban J connectivity index is 2.10. The Morgan fingerprint density at radius 1 is 1.33 bits per heavy atom. The molecule has 1 aromatic heterocycles. The molecule has 0 aliphatic rings. The zero-order chi connectivity index (χ0) is 20.0. The summed E-state index contributed by atoms with van der Waals surface area (Å²) in [5.74, 6) is -0.348. The smallest absolute Gasteiger partial charge is 0.391 e. The molecule has 1 aromatic carbocycles. The predicted octanol–water partition coefficient (Wildman–Crippen LogP) is 1.67. The van der Waals surface area contributed by atoms with Gasteiger partial charge in [0.2, 0.25) is 5.91 Å². The highest BCUT2D eigenvalue weighted by Crippen LogP contribution is 2.32. The molecule has 10 heteroatoms. The van der Waals surface area contributed by atoms with Gasteiger partial charge in [-0.05, 0) is 24.6 Å². The van der Waals surface area contributed by atoms with E-state index in [1.54, 1.807) is 0 Å². The monoisotopic (exact) mass is 385 g/mol. The number of hydrogen-bond donors (Lipinski definition) is 4. The number of nitrogens with zero attached hydrogens (tertiary/aromatic N) is 2. The number of aliphatic hydroxyl groups excluding tert-OH is 1. The summed E-state index contributed by atoms with van der Waals surface area (Å²) in [7, 11) is 0. The van der Waals surface area contributed by atoms with Crippen molar-refractivity contribution in [2.75, 3.05) is 18.4 Å².